The summed E-state index contributed by atoms with van der Waals surface area (Å²) >= 11 is 1.13. The third-order valence-corrected chi connectivity index (χ3v) is 5.07. The monoisotopic (exact) mass is 428 g/mol. The van der Waals surface area contributed by atoms with Crippen LogP contribution >= 0.6 is 11.8 Å². The van der Waals surface area contributed by atoms with E-state index in [-0.39, 0.29) is 0 Å². The molecule has 7 nitrogen and oxygen atoms in total. The fraction of sp³-hybridized carbons (Fsp3) is 0.278. The van der Waals surface area contributed by atoms with Gasteiger partial charge in [-0.2, -0.15) is 13.2 Å². The zero-order chi connectivity index (χ0) is 21.2. The average Bonchev–Trinajstić information content (AvgIpc) is 2.67. The van der Waals surface area contributed by atoms with Gasteiger partial charge in [-0.05, 0) is 31.2 Å². The van der Waals surface area contributed by atoms with E-state index in [2.05, 4.69) is 5.32 Å². The maximum atomic E-state index is 13.2. The minimum atomic E-state index is -4.86. The van der Waals surface area contributed by atoms with Gasteiger partial charge < -0.3 is 14.8 Å². The second kappa shape index (κ2) is 8.19. The molecule has 1 aliphatic rings. The number of hydrogen-bond acceptors (Lipinski definition) is 6. The summed E-state index contributed by atoms with van der Waals surface area (Å²) in [6, 6.07) is 7.28. The number of ether oxygens (including phenoxy) is 2. The molecule has 1 amide bonds. The van der Waals surface area contributed by atoms with E-state index < -0.39 is 39.2 Å². The van der Waals surface area contributed by atoms with Crippen molar-refractivity contribution in [2.75, 3.05) is 18.5 Å². The lowest BCUT2D eigenvalue weighted by Gasteiger charge is -2.20. The van der Waals surface area contributed by atoms with E-state index in [4.69, 9.17) is 9.47 Å². The van der Waals surface area contributed by atoms with Crippen molar-refractivity contribution in [2.45, 2.75) is 23.2 Å². The summed E-state index contributed by atoms with van der Waals surface area (Å²) in [6.45, 7) is 2.38. The number of non-ortho nitro benzene ring substituents is 1. The minimum absolute atomic E-state index is 0.397. The largest absolute Gasteiger partial charge is 0.486 e. The van der Waals surface area contributed by atoms with Crippen LogP contribution in [-0.4, -0.2) is 29.3 Å². The number of nitro benzene ring substituents is 1. The summed E-state index contributed by atoms with van der Waals surface area (Å²) in [7, 11) is 0. The van der Waals surface area contributed by atoms with E-state index >= 15 is 0 Å². The van der Waals surface area contributed by atoms with Gasteiger partial charge in [0.25, 0.3) is 5.69 Å². The van der Waals surface area contributed by atoms with E-state index in [1.807, 2.05) is 0 Å². The molecule has 1 aliphatic heterocycles. The zero-order valence-electron chi connectivity index (χ0n) is 15.0. The van der Waals surface area contributed by atoms with Gasteiger partial charge in [0.15, 0.2) is 11.5 Å². The Balaban J connectivity index is 1.75. The second-order valence-corrected chi connectivity index (χ2v) is 7.45. The van der Waals surface area contributed by atoms with Crippen molar-refractivity contribution in [2.24, 2.45) is 0 Å². The molecule has 0 aliphatic carbocycles. The lowest BCUT2D eigenvalue weighted by Crippen LogP contribution is -2.24. The number of benzene rings is 2. The molecule has 154 valence electrons. The Morgan fingerprint density at radius 3 is 2.52 bits per heavy atom. The number of fused-ring (bicyclic) bond motifs is 1. The van der Waals surface area contributed by atoms with Gasteiger partial charge in [-0.15, -0.1) is 11.8 Å². The molecular formula is C18H15F3N2O5S. The smallest absolute Gasteiger partial charge is 0.418 e. The third-order valence-electron chi connectivity index (χ3n) is 3.97. The first-order valence-corrected chi connectivity index (χ1v) is 9.26. The number of thioether (sulfide) groups is 1. The molecule has 2 aromatic rings. The van der Waals surface area contributed by atoms with Crippen LogP contribution in [-0.2, 0) is 11.0 Å². The van der Waals surface area contributed by atoms with Gasteiger partial charge in [-0.3, -0.25) is 14.9 Å². The molecule has 0 radical (unpaired) electrons. The first-order valence-electron chi connectivity index (χ1n) is 8.38. The maximum absolute atomic E-state index is 13.2. The Bertz CT molecular complexity index is 952. The maximum Gasteiger partial charge on any atom is 0.418 e. The Hall–Kier alpha value is -2.95. The van der Waals surface area contributed by atoms with Crippen molar-refractivity contribution in [3.63, 3.8) is 0 Å². The van der Waals surface area contributed by atoms with Crippen LogP contribution in [0.5, 0.6) is 11.5 Å². The first kappa shape index (κ1) is 20.8. The van der Waals surface area contributed by atoms with Crippen LogP contribution in [0.25, 0.3) is 0 Å². The van der Waals surface area contributed by atoms with E-state index in [9.17, 15) is 28.1 Å². The zero-order valence-corrected chi connectivity index (χ0v) is 15.8. The first-order chi connectivity index (χ1) is 13.6. The van der Waals surface area contributed by atoms with Crippen molar-refractivity contribution in [1.82, 2.24) is 0 Å². The fourth-order valence-electron chi connectivity index (χ4n) is 2.58. The van der Waals surface area contributed by atoms with Gasteiger partial charge >= 0.3 is 6.18 Å². The summed E-state index contributed by atoms with van der Waals surface area (Å²) < 4.78 is 50.6. The van der Waals surface area contributed by atoms with Crippen molar-refractivity contribution in [1.29, 1.82) is 0 Å². The van der Waals surface area contributed by atoms with Crippen molar-refractivity contribution in [3.05, 3.63) is 52.1 Å². The predicted molar refractivity (Wildman–Crippen MR) is 99.5 cm³/mol. The molecule has 1 N–H and O–H groups in total. The Labute approximate surface area is 167 Å². The number of halogens is 3. The van der Waals surface area contributed by atoms with Gasteiger partial charge in [-0.1, -0.05) is 0 Å². The van der Waals surface area contributed by atoms with Crippen LogP contribution < -0.4 is 14.8 Å². The third kappa shape index (κ3) is 4.91. The topological polar surface area (TPSA) is 90.7 Å². The van der Waals surface area contributed by atoms with Gasteiger partial charge in [0.2, 0.25) is 5.91 Å². The molecule has 0 bridgehead atoms. The molecule has 0 spiro atoms. The SMILES string of the molecule is CC(Sc1ccc2c(c1)OCCO2)C(=O)Nc1ccc([N+](=O)[O-])cc1C(F)(F)F. The molecule has 3 rings (SSSR count). The highest BCUT2D eigenvalue weighted by atomic mass is 32.2. The summed E-state index contributed by atoms with van der Waals surface area (Å²) in [5.41, 5.74) is -2.53. The van der Waals surface area contributed by atoms with E-state index in [0.29, 0.717) is 35.7 Å². The number of anilines is 1. The number of nitrogens with one attached hydrogen (secondary N) is 1. The van der Waals surface area contributed by atoms with Crippen molar-refractivity contribution < 1.29 is 32.4 Å². The van der Waals surface area contributed by atoms with Gasteiger partial charge in [0.1, 0.15) is 13.2 Å². The predicted octanol–water partition coefficient (Wildman–Crippen LogP) is 4.50. The number of carbonyl (C=O) groups is 1. The van der Waals surface area contributed by atoms with Gasteiger partial charge in [0.05, 0.1) is 21.4 Å². The molecule has 1 atom stereocenters. The lowest BCUT2D eigenvalue weighted by atomic mass is 10.1. The molecule has 11 heteroatoms. The molecule has 1 unspecified atom stereocenters. The van der Waals surface area contributed by atoms with Crippen molar-refractivity contribution in [3.8, 4) is 11.5 Å². The standard InChI is InChI=1S/C18H15F3N2O5S/c1-10(29-12-3-5-15-16(9-12)28-7-6-27-15)17(24)22-14-4-2-11(23(25)26)8-13(14)18(19,20)21/h2-5,8-10H,6-7H2,1H3,(H,22,24). The highest BCUT2D eigenvalue weighted by Crippen LogP contribution is 2.38. The van der Waals surface area contributed by atoms with Crippen LogP contribution in [0.4, 0.5) is 24.5 Å². The van der Waals surface area contributed by atoms with Crippen LogP contribution in [0, 0.1) is 10.1 Å². The van der Waals surface area contributed by atoms with Gasteiger partial charge in [0, 0.05) is 17.0 Å². The number of alkyl halides is 3. The van der Waals surface area contributed by atoms with Crippen LogP contribution in [0.1, 0.15) is 12.5 Å². The summed E-state index contributed by atoms with van der Waals surface area (Å²) in [5, 5.41) is 12.2. The number of hydrogen-bond donors (Lipinski definition) is 1. The lowest BCUT2D eigenvalue weighted by molar-refractivity contribution is -0.385. The number of carbonyl (C=O) groups excluding carboxylic acids is 1. The fourth-order valence-corrected chi connectivity index (χ4v) is 3.47. The Kier molecular flexibility index (Phi) is 5.87. The van der Waals surface area contributed by atoms with Crippen LogP contribution in [0.3, 0.4) is 0 Å². The molecule has 0 saturated carbocycles. The highest BCUT2D eigenvalue weighted by Gasteiger charge is 2.36. The molecule has 0 saturated heterocycles. The number of amides is 1. The van der Waals surface area contributed by atoms with E-state index in [0.717, 1.165) is 23.9 Å². The number of nitro groups is 1. The quantitative estimate of drug-likeness (QED) is 0.428. The molecule has 29 heavy (non-hydrogen) atoms. The molecular weight excluding hydrogens is 413 g/mol. The molecule has 0 fully saturated rings. The molecule has 2 aromatic carbocycles. The van der Waals surface area contributed by atoms with Gasteiger partial charge in [-0.25, -0.2) is 0 Å². The van der Waals surface area contributed by atoms with E-state index in [1.165, 1.54) is 6.92 Å². The minimum Gasteiger partial charge on any atom is -0.486 e. The highest BCUT2D eigenvalue weighted by molar-refractivity contribution is 8.00. The Morgan fingerprint density at radius 2 is 1.86 bits per heavy atom. The molecule has 1 heterocycles. The number of nitrogens with zero attached hydrogens (tertiary/aromatic N) is 1. The Morgan fingerprint density at radius 1 is 1.17 bits per heavy atom. The summed E-state index contributed by atoms with van der Waals surface area (Å²) in [6.07, 6.45) is -4.86. The summed E-state index contributed by atoms with van der Waals surface area (Å²) in [4.78, 5) is 22.9. The van der Waals surface area contributed by atoms with Crippen LogP contribution in [0.2, 0.25) is 0 Å². The normalized spacial score (nSPS) is 14.2. The van der Waals surface area contributed by atoms with Crippen LogP contribution in [0.15, 0.2) is 41.3 Å². The van der Waals surface area contributed by atoms with E-state index in [1.54, 1.807) is 18.2 Å². The van der Waals surface area contributed by atoms with Crippen molar-refractivity contribution >= 4 is 29.0 Å². The average molecular weight is 428 g/mol. The summed E-state index contributed by atoms with van der Waals surface area (Å²) in [5.74, 6) is 0.436. The number of rotatable bonds is 5. The molecule has 0 aromatic heterocycles. The second-order valence-electron chi connectivity index (χ2n) is 6.04.